The van der Waals surface area contributed by atoms with Gasteiger partial charge in [-0.25, -0.2) is 0 Å². The first-order valence-corrected chi connectivity index (χ1v) is 4.52. The van der Waals surface area contributed by atoms with Gasteiger partial charge in [0.05, 0.1) is 0 Å². The van der Waals surface area contributed by atoms with Gasteiger partial charge in [0, 0.05) is 12.0 Å². The molecule has 1 atom stereocenters. The molecule has 0 saturated heterocycles. The highest BCUT2D eigenvalue weighted by Gasteiger charge is 2.41. The molecule has 0 spiro atoms. The minimum Gasteiger partial charge on any atom is -0.381 e. The van der Waals surface area contributed by atoms with Crippen LogP contribution in [0.3, 0.4) is 0 Å². The molecule has 2 nitrogen and oxygen atoms in total. The number of aliphatic hydroxyl groups is 1. The summed E-state index contributed by atoms with van der Waals surface area (Å²) in [5, 5.41) is 9.94. The predicted molar refractivity (Wildman–Crippen MR) is 49.7 cm³/mol. The van der Waals surface area contributed by atoms with Gasteiger partial charge in [0.25, 0.3) is 0 Å². The van der Waals surface area contributed by atoms with Crippen LogP contribution in [0.4, 0.5) is 0 Å². The lowest BCUT2D eigenvalue weighted by atomic mass is 9.96. The normalized spacial score (nSPS) is 26.2. The van der Waals surface area contributed by atoms with E-state index in [9.17, 15) is 9.90 Å². The van der Waals surface area contributed by atoms with Crippen molar-refractivity contribution in [3.8, 4) is 0 Å². The first-order chi connectivity index (χ1) is 6.17. The fourth-order valence-corrected chi connectivity index (χ4v) is 1.83. The molecule has 2 rings (SSSR count). The Balaban J connectivity index is 2.50. The van der Waals surface area contributed by atoms with E-state index in [1.807, 2.05) is 25.1 Å². The average Bonchev–Trinajstić information content (AvgIpc) is 2.41. The smallest absolute Gasteiger partial charge is 0.194 e. The Kier molecular flexibility index (Phi) is 1.74. The SMILES string of the molecule is CCC1(O)Cc2ccccc2C1=O. The molecular weight excluding hydrogens is 164 g/mol. The number of hydrogen-bond donors (Lipinski definition) is 1. The summed E-state index contributed by atoms with van der Waals surface area (Å²) in [5.74, 6) is -0.120. The molecule has 1 aromatic rings. The Morgan fingerprint density at radius 1 is 1.46 bits per heavy atom. The number of ketones is 1. The number of fused-ring (bicyclic) bond motifs is 1. The highest BCUT2D eigenvalue weighted by atomic mass is 16.3. The Bertz CT molecular complexity index is 357. The molecule has 1 aliphatic rings. The predicted octanol–water partition coefficient (Wildman–Crippen LogP) is 1.57. The van der Waals surface area contributed by atoms with Crippen molar-refractivity contribution in [3.63, 3.8) is 0 Å². The van der Waals surface area contributed by atoms with Crippen molar-refractivity contribution in [2.24, 2.45) is 0 Å². The summed E-state index contributed by atoms with van der Waals surface area (Å²) >= 11 is 0. The summed E-state index contributed by atoms with van der Waals surface area (Å²) in [6, 6.07) is 7.41. The lowest BCUT2D eigenvalue weighted by molar-refractivity contribution is 0.0354. The van der Waals surface area contributed by atoms with Gasteiger partial charge in [0.1, 0.15) is 5.60 Å². The van der Waals surface area contributed by atoms with Crippen LogP contribution in [-0.2, 0) is 6.42 Å². The van der Waals surface area contributed by atoms with E-state index in [-0.39, 0.29) is 5.78 Å². The Hall–Kier alpha value is -1.15. The number of carbonyl (C=O) groups is 1. The highest BCUT2D eigenvalue weighted by molar-refractivity contribution is 6.06. The van der Waals surface area contributed by atoms with Crippen LogP contribution in [0.5, 0.6) is 0 Å². The van der Waals surface area contributed by atoms with Crippen LogP contribution < -0.4 is 0 Å². The summed E-state index contributed by atoms with van der Waals surface area (Å²) in [4.78, 5) is 11.7. The standard InChI is InChI=1S/C11H12O2/c1-2-11(13)7-8-5-3-4-6-9(8)10(11)12/h3-6,13H,2,7H2,1H3. The largest absolute Gasteiger partial charge is 0.381 e. The van der Waals surface area contributed by atoms with Crippen LogP contribution in [0.2, 0.25) is 0 Å². The van der Waals surface area contributed by atoms with Gasteiger partial charge < -0.3 is 5.11 Å². The molecule has 1 aliphatic carbocycles. The lowest BCUT2D eigenvalue weighted by Gasteiger charge is -2.17. The van der Waals surface area contributed by atoms with Crippen LogP contribution in [-0.4, -0.2) is 16.5 Å². The van der Waals surface area contributed by atoms with Crippen molar-refractivity contribution in [1.82, 2.24) is 0 Å². The zero-order valence-corrected chi connectivity index (χ0v) is 7.58. The van der Waals surface area contributed by atoms with E-state index in [0.717, 1.165) is 5.56 Å². The molecule has 0 aromatic heterocycles. The third kappa shape index (κ3) is 1.10. The number of rotatable bonds is 1. The molecule has 0 bridgehead atoms. The Morgan fingerprint density at radius 2 is 2.15 bits per heavy atom. The molecule has 1 N–H and O–H groups in total. The van der Waals surface area contributed by atoms with Crippen LogP contribution in [0.15, 0.2) is 24.3 Å². The van der Waals surface area contributed by atoms with Crippen molar-refractivity contribution >= 4 is 5.78 Å². The molecule has 1 aromatic carbocycles. The quantitative estimate of drug-likeness (QED) is 0.705. The minimum atomic E-state index is -1.14. The molecule has 0 fully saturated rings. The zero-order valence-electron chi connectivity index (χ0n) is 7.58. The van der Waals surface area contributed by atoms with Gasteiger partial charge in [-0.15, -0.1) is 0 Å². The minimum absolute atomic E-state index is 0.120. The molecular formula is C11H12O2. The number of carbonyl (C=O) groups excluding carboxylic acids is 1. The number of hydrogen-bond acceptors (Lipinski definition) is 2. The van der Waals surface area contributed by atoms with Gasteiger partial charge in [0.2, 0.25) is 0 Å². The molecule has 1 unspecified atom stereocenters. The zero-order chi connectivity index (χ0) is 9.47. The van der Waals surface area contributed by atoms with Crippen molar-refractivity contribution < 1.29 is 9.90 Å². The summed E-state index contributed by atoms with van der Waals surface area (Å²) in [7, 11) is 0. The summed E-state index contributed by atoms with van der Waals surface area (Å²) in [6.07, 6.45) is 0.957. The van der Waals surface area contributed by atoms with Gasteiger partial charge >= 0.3 is 0 Å². The molecule has 0 radical (unpaired) electrons. The van der Waals surface area contributed by atoms with Gasteiger partial charge in [-0.2, -0.15) is 0 Å². The molecule has 68 valence electrons. The molecule has 2 heteroatoms. The maximum absolute atomic E-state index is 11.7. The fraction of sp³-hybridized carbons (Fsp3) is 0.364. The van der Waals surface area contributed by atoms with E-state index in [2.05, 4.69) is 0 Å². The van der Waals surface area contributed by atoms with Crippen LogP contribution in [0.1, 0.15) is 29.3 Å². The Morgan fingerprint density at radius 3 is 2.77 bits per heavy atom. The third-order valence-corrected chi connectivity index (χ3v) is 2.75. The third-order valence-electron chi connectivity index (χ3n) is 2.75. The fourth-order valence-electron chi connectivity index (χ4n) is 1.83. The van der Waals surface area contributed by atoms with Crippen LogP contribution in [0.25, 0.3) is 0 Å². The van der Waals surface area contributed by atoms with Gasteiger partial charge in [-0.3, -0.25) is 4.79 Å². The second-order valence-electron chi connectivity index (χ2n) is 3.55. The second kappa shape index (κ2) is 2.67. The van der Waals surface area contributed by atoms with Crippen molar-refractivity contribution in [1.29, 1.82) is 0 Å². The summed E-state index contributed by atoms with van der Waals surface area (Å²) in [6.45, 7) is 1.84. The molecule has 0 saturated carbocycles. The van der Waals surface area contributed by atoms with E-state index in [1.165, 1.54) is 0 Å². The number of Topliss-reactive ketones (excluding diaryl/α,β-unsaturated/α-hetero) is 1. The molecule has 0 aliphatic heterocycles. The van der Waals surface area contributed by atoms with E-state index in [0.29, 0.717) is 18.4 Å². The van der Waals surface area contributed by atoms with Gasteiger partial charge in [-0.1, -0.05) is 31.2 Å². The maximum atomic E-state index is 11.7. The Labute approximate surface area is 77.2 Å². The maximum Gasteiger partial charge on any atom is 0.194 e. The van der Waals surface area contributed by atoms with Gasteiger partial charge in [-0.05, 0) is 12.0 Å². The monoisotopic (exact) mass is 176 g/mol. The van der Waals surface area contributed by atoms with E-state index in [1.54, 1.807) is 6.07 Å². The number of benzene rings is 1. The van der Waals surface area contributed by atoms with Crippen LogP contribution >= 0.6 is 0 Å². The summed E-state index contributed by atoms with van der Waals surface area (Å²) < 4.78 is 0. The van der Waals surface area contributed by atoms with E-state index < -0.39 is 5.60 Å². The van der Waals surface area contributed by atoms with Crippen molar-refractivity contribution in [3.05, 3.63) is 35.4 Å². The average molecular weight is 176 g/mol. The summed E-state index contributed by atoms with van der Waals surface area (Å²) in [5.41, 5.74) is 0.521. The van der Waals surface area contributed by atoms with Gasteiger partial charge in [0.15, 0.2) is 5.78 Å². The first kappa shape index (κ1) is 8.45. The van der Waals surface area contributed by atoms with Crippen LogP contribution in [0, 0.1) is 0 Å². The highest BCUT2D eigenvalue weighted by Crippen LogP contribution is 2.31. The lowest BCUT2D eigenvalue weighted by Crippen LogP contribution is -2.34. The topological polar surface area (TPSA) is 37.3 Å². The van der Waals surface area contributed by atoms with Crippen molar-refractivity contribution in [2.45, 2.75) is 25.4 Å². The molecule has 0 amide bonds. The molecule has 13 heavy (non-hydrogen) atoms. The van der Waals surface area contributed by atoms with Crippen molar-refractivity contribution in [2.75, 3.05) is 0 Å². The van der Waals surface area contributed by atoms with E-state index >= 15 is 0 Å². The van der Waals surface area contributed by atoms with E-state index in [4.69, 9.17) is 0 Å². The molecule has 0 heterocycles. The first-order valence-electron chi connectivity index (χ1n) is 4.52. The second-order valence-corrected chi connectivity index (χ2v) is 3.55.